The maximum absolute atomic E-state index is 12.5. The Balaban J connectivity index is 1.68. The zero-order chi connectivity index (χ0) is 14.7. The minimum atomic E-state index is -1.04. The van der Waals surface area contributed by atoms with Gasteiger partial charge in [-0.15, -0.1) is 0 Å². The maximum Gasteiger partial charge on any atom is 0.335 e. The number of anilines is 1. The molecule has 0 spiro atoms. The number of hydrogen-bond donors (Lipinski definition) is 1. The average molecular weight is 287 g/mol. The number of benzene rings is 1. The predicted octanol–water partition coefficient (Wildman–Crippen LogP) is 1.05. The van der Waals surface area contributed by atoms with Gasteiger partial charge in [0.05, 0.1) is 35.3 Å². The third kappa shape index (κ3) is 1.59. The average Bonchev–Trinajstić information content (AvgIpc) is 3.13. The third-order valence-corrected chi connectivity index (χ3v) is 4.66. The van der Waals surface area contributed by atoms with Gasteiger partial charge in [0.2, 0.25) is 11.8 Å². The van der Waals surface area contributed by atoms with Crippen LogP contribution in [0.1, 0.15) is 23.2 Å². The molecule has 2 amide bonds. The lowest BCUT2D eigenvalue weighted by Gasteiger charge is -2.17. The number of amides is 2. The minimum Gasteiger partial charge on any atom is -0.478 e. The van der Waals surface area contributed by atoms with E-state index in [4.69, 9.17) is 9.84 Å². The van der Waals surface area contributed by atoms with Crippen LogP contribution >= 0.6 is 0 Å². The van der Waals surface area contributed by atoms with E-state index in [0.29, 0.717) is 5.69 Å². The van der Waals surface area contributed by atoms with Gasteiger partial charge in [-0.2, -0.15) is 0 Å². The topological polar surface area (TPSA) is 83.9 Å². The molecule has 2 bridgehead atoms. The fourth-order valence-corrected chi connectivity index (χ4v) is 3.72. The normalized spacial score (nSPS) is 33.6. The smallest absolute Gasteiger partial charge is 0.335 e. The molecule has 0 saturated carbocycles. The first-order valence-electron chi connectivity index (χ1n) is 6.94. The van der Waals surface area contributed by atoms with Gasteiger partial charge in [-0.05, 0) is 37.1 Å². The fourth-order valence-electron chi connectivity index (χ4n) is 3.72. The van der Waals surface area contributed by atoms with E-state index in [1.165, 1.54) is 29.2 Å². The number of ether oxygens (including phenoxy) is 1. The number of hydrogen-bond acceptors (Lipinski definition) is 4. The fraction of sp³-hybridized carbons (Fsp3) is 0.400. The van der Waals surface area contributed by atoms with E-state index in [9.17, 15) is 14.4 Å². The molecular formula is C15H13NO5. The first kappa shape index (κ1) is 12.5. The molecule has 21 heavy (non-hydrogen) atoms. The highest BCUT2D eigenvalue weighted by Crippen LogP contribution is 2.49. The molecule has 4 rings (SSSR count). The molecule has 1 aromatic rings. The van der Waals surface area contributed by atoms with Crippen LogP contribution < -0.4 is 4.90 Å². The van der Waals surface area contributed by atoms with Crippen LogP contribution in [0.5, 0.6) is 0 Å². The van der Waals surface area contributed by atoms with Crippen LogP contribution in [0.3, 0.4) is 0 Å². The summed E-state index contributed by atoms with van der Waals surface area (Å²) in [6, 6.07) is 5.81. The van der Waals surface area contributed by atoms with Crippen molar-refractivity contribution in [2.24, 2.45) is 11.8 Å². The molecule has 4 atom stereocenters. The van der Waals surface area contributed by atoms with Gasteiger partial charge in [-0.1, -0.05) is 0 Å². The first-order valence-corrected chi connectivity index (χ1v) is 6.94. The molecule has 3 heterocycles. The van der Waals surface area contributed by atoms with Gasteiger partial charge in [-0.3, -0.25) is 9.59 Å². The Labute approximate surface area is 120 Å². The van der Waals surface area contributed by atoms with Crippen LogP contribution in [0.25, 0.3) is 0 Å². The first-order chi connectivity index (χ1) is 10.1. The van der Waals surface area contributed by atoms with Gasteiger partial charge in [0.25, 0.3) is 0 Å². The SMILES string of the molecule is O=C(O)c1ccc(N2C(=O)[C@@H]3[C@@H](C2=O)[C@H]2CC[C@H]3O2)cc1. The largest absolute Gasteiger partial charge is 0.478 e. The summed E-state index contributed by atoms with van der Waals surface area (Å²) < 4.78 is 5.67. The quantitative estimate of drug-likeness (QED) is 0.822. The zero-order valence-corrected chi connectivity index (χ0v) is 11.1. The Morgan fingerprint density at radius 3 is 2.05 bits per heavy atom. The van der Waals surface area contributed by atoms with Crippen LogP contribution in [0, 0.1) is 11.8 Å². The molecule has 0 aromatic heterocycles. The van der Waals surface area contributed by atoms with Crippen molar-refractivity contribution in [3.63, 3.8) is 0 Å². The van der Waals surface area contributed by atoms with Crippen molar-refractivity contribution >= 4 is 23.5 Å². The summed E-state index contributed by atoms with van der Waals surface area (Å²) >= 11 is 0. The standard InChI is InChI=1S/C15H13NO5/c17-13-11-9-5-6-10(21-9)12(11)14(18)16(13)8-3-1-7(2-4-8)15(19)20/h1-4,9-12H,5-6H2,(H,19,20)/t9-,10-,11+,12+/m1/s1. The Morgan fingerprint density at radius 2 is 1.57 bits per heavy atom. The molecule has 3 aliphatic heterocycles. The van der Waals surface area contributed by atoms with Gasteiger partial charge in [-0.25, -0.2) is 9.69 Å². The Hall–Kier alpha value is -2.21. The number of nitrogens with zero attached hydrogens (tertiary/aromatic N) is 1. The van der Waals surface area contributed by atoms with Crippen LogP contribution in [0.4, 0.5) is 5.69 Å². The van der Waals surface area contributed by atoms with Crippen LogP contribution in [-0.4, -0.2) is 35.1 Å². The summed E-state index contributed by atoms with van der Waals surface area (Å²) in [4.78, 5) is 37.1. The molecule has 0 unspecified atom stereocenters. The molecule has 0 aliphatic carbocycles. The van der Waals surface area contributed by atoms with Crippen molar-refractivity contribution in [3.8, 4) is 0 Å². The molecule has 108 valence electrons. The predicted molar refractivity (Wildman–Crippen MR) is 70.8 cm³/mol. The summed E-state index contributed by atoms with van der Waals surface area (Å²) in [6.07, 6.45) is 1.38. The van der Waals surface area contributed by atoms with Gasteiger partial charge in [0.15, 0.2) is 0 Å². The Bertz CT molecular complexity index is 625. The second kappa shape index (κ2) is 4.14. The highest BCUT2D eigenvalue weighted by Gasteiger charge is 2.62. The summed E-state index contributed by atoms with van der Waals surface area (Å²) in [7, 11) is 0. The molecular weight excluding hydrogens is 274 g/mol. The van der Waals surface area contributed by atoms with Crippen LogP contribution in [0.15, 0.2) is 24.3 Å². The summed E-state index contributed by atoms with van der Waals surface area (Å²) in [5.41, 5.74) is 0.560. The number of carbonyl (C=O) groups is 3. The highest BCUT2D eigenvalue weighted by atomic mass is 16.5. The van der Waals surface area contributed by atoms with E-state index in [1.807, 2.05) is 0 Å². The van der Waals surface area contributed by atoms with Crippen LogP contribution in [0.2, 0.25) is 0 Å². The van der Waals surface area contributed by atoms with Crippen molar-refractivity contribution in [1.29, 1.82) is 0 Å². The molecule has 3 fully saturated rings. The molecule has 6 nitrogen and oxygen atoms in total. The lowest BCUT2D eigenvalue weighted by atomic mass is 9.81. The van der Waals surface area contributed by atoms with E-state index < -0.39 is 5.97 Å². The molecule has 3 aliphatic rings. The van der Waals surface area contributed by atoms with Crippen molar-refractivity contribution < 1.29 is 24.2 Å². The van der Waals surface area contributed by atoms with E-state index in [0.717, 1.165) is 12.8 Å². The van der Waals surface area contributed by atoms with Gasteiger partial charge < -0.3 is 9.84 Å². The minimum absolute atomic E-state index is 0.126. The molecule has 1 aromatic carbocycles. The molecule has 0 radical (unpaired) electrons. The van der Waals surface area contributed by atoms with Crippen molar-refractivity contribution in [3.05, 3.63) is 29.8 Å². The van der Waals surface area contributed by atoms with E-state index >= 15 is 0 Å². The number of carboxylic acid groups (broad SMARTS) is 1. The number of carbonyl (C=O) groups excluding carboxylic acids is 2. The van der Waals surface area contributed by atoms with Crippen LogP contribution in [-0.2, 0) is 14.3 Å². The Morgan fingerprint density at radius 1 is 1.05 bits per heavy atom. The highest BCUT2D eigenvalue weighted by molar-refractivity contribution is 6.22. The second-order valence-corrected chi connectivity index (χ2v) is 5.71. The number of aromatic carboxylic acids is 1. The molecule has 3 saturated heterocycles. The summed E-state index contributed by atoms with van der Waals surface area (Å²) in [6.45, 7) is 0. The second-order valence-electron chi connectivity index (χ2n) is 5.71. The van der Waals surface area contributed by atoms with E-state index in [2.05, 4.69) is 0 Å². The molecule has 1 N–H and O–H groups in total. The van der Waals surface area contributed by atoms with Gasteiger partial charge in [0, 0.05) is 0 Å². The lowest BCUT2D eigenvalue weighted by molar-refractivity contribution is -0.124. The number of imide groups is 1. The lowest BCUT2D eigenvalue weighted by Crippen LogP contribution is -2.34. The monoisotopic (exact) mass is 287 g/mol. The van der Waals surface area contributed by atoms with Gasteiger partial charge >= 0.3 is 5.97 Å². The van der Waals surface area contributed by atoms with Gasteiger partial charge in [0.1, 0.15) is 0 Å². The number of fused-ring (bicyclic) bond motifs is 5. The number of rotatable bonds is 2. The summed E-state index contributed by atoms with van der Waals surface area (Å²) in [5.74, 6) is -2.21. The number of carboxylic acids is 1. The van der Waals surface area contributed by atoms with E-state index in [1.54, 1.807) is 0 Å². The van der Waals surface area contributed by atoms with E-state index in [-0.39, 0.29) is 41.4 Å². The van der Waals surface area contributed by atoms with Crippen molar-refractivity contribution in [2.45, 2.75) is 25.0 Å². The maximum atomic E-state index is 12.5. The van der Waals surface area contributed by atoms with Crippen molar-refractivity contribution in [2.75, 3.05) is 4.90 Å². The van der Waals surface area contributed by atoms with Crippen molar-refractivity contribution in [1.82, 2.24) is 0 Å². The Kier molecular flexibility index (Phi) is 2.47. The zero-order valence-electron chi connectivity index (χ0n) is 11.1. The summed E-state index contributed by atoms with van der Waals surface area (Å²) in [5, 5.41) is 8.89. The third-order valence-electron chi connectivity index (χ3n) is 4.66. The molecule has 6 heteroatoms.